The number of hydrogen-bond acceptors (Lipinski definition) is 6. The molecular formula is C34H40F5N5O3. The van der Waals surface area contributed by atoms with Crippen molar-refractivity contribution in [3.63, 3.8) is 0 Å². The molecule has 2 atom stereocenters. The van der Waals surface area contributed by atoms with Crippen LogP contribution in [-0.2, 0) is 16.0 Å². The van der Waals surface area contributed by atoms with E-state index in [4.69, 9.17) is 9.47 Å². The zero-order valence-electron chi connectivity index (χ0n) is 26.3. The number of nitrogens with zero attached hydrogens (tertiary/aromatic N) is 3. The minimum Gasteiger partial charge on any atom is -0.491 e. The van der Waals surface area contributed by atoms with Crippen molar-refractivity contribution in [2.45, 2.75) is 69.2 Å². The maximum Gasteiger partial charge on any atom is 0.401 e. The van der Waals surface area contributed by atoms with Crippen molar-refractivity contribution in [3.05, 3.63) is 70.9 Å². The molecule has 13 heteroatoms. The molecule has 254 valence electrons. The molecule has 6 rings (SSSR count). The predicted molar refractivity (Wildman–Crippen MR) is 166 cm³/mol. The standard InChI is InChI=1S/C34H40F5N5O3/c1-22-16-25-24(7-8-29-26(25)19-41-42-29)32(44(22)20-34(37,38)39)31-27(35)17-23(18-28(31)36)47-21-33(9-3-2-4-10-33)40-11-5-6-30(45)43-12-14-46-15-13-43/h5-8,17-19,22,32,40H,2-4,9-16,20-21H2,1H3,(H,41,42)/b6-5+/t22-,32+/m1/s1. The predicted octanol–water partition coefficient (Wildman–Crippen LogP) is 5.83. The summed E-state index contributed by atoms with van der Waals surface area (Å²) in [4.78, 5) is 15.3. The third-order valence-electron chi connectivity index (χ3n) is 9.66. The molecule has 2 aromatic carbocycles. The lowest BCUT2D eigenvalue weighted by Crippen LogP contribution is -2.51. The molecule has 3 aromatic rings. The summed E-state index contributed by atoms with van der Waals surface area (Å²) < 4.78 is 84.7. The van der Waals surface area contributed by atoms with E-state index in [0.717, 1.165) is 60.1 Å². The monoisotopic (exact) mass is 661 g/mol. The zero-order valence-corrected chi connectivity index (χ0v) is 26.3. The van der Waals surface area contributed by atoms with Crippen molar-refractivity contribution in [1.29, 1.82) is 0 Å². The number of rotatable bonds is 9. The third-order valence-corrected chi connectivity index (χ3v) is 9.66. The molecule has 0 radical (unpaired) electrons. The lowest BCUT2D eigenvalue weighted by Gasteiger charge is -2.42. The number of halogens is 5. The Balaban J connectivity index is 1.22. The Bertz CT molecular complexity index is 1570. The first kappa shape index (κ1) is 33.4. The molecule has 0 unspecified atom stereocenters. The lowest BCUT2D eigenvalue weighted by atomic mass is 9.82. The Morgan fingerprint density at radius 1 is 1.15 bits per heavy atom. The molecule has 2 N–H and O–H groups in total. The van der Waals surface area contributed by atoms with Crippen LogP contribution in [0.25, 0.3) is 10.9 Å². The van der Waals surface area contributed by atoms with Gasteiger partial charge in [-0.15, -0.1) is 0 Å². The van der Waals surface area contributed by atoms with Gasteiger partial charge in [0, 0.05) is 54.8 Å². The van der Waals surface area contributed by atoms with E-state index in [1.807, 2.05) is 0 Å². The van der Waals surface area contributed by atoms with Crippen LogP contribution in [0.5, 0.6) is 5.75 Å². The van der Waals surface area contributed by atoms with E-state index in [2.05, 4.69) is 15.5 Å². The normalized spacial score (nSPS) is 22.1. The van der Waals surface area contributed by atoms with Gasteiger partial charge in [0.1, 0.15) is 24.0 Å². The van der Waals surface area contributed by atoms with Crippen molar-refractivity contribution in [2.75, 3.05) is 46.0 Å². The quantitative estimate of drug-likeness (QED) is 0.222. The van der Waals surface area contributed by atoms with Crippen molar-refractivity contribution in [1.82, 2.24) is 25.3 Å². The highest BCUT2D eigenvalue weighted by Crippen LogP contribution is 2.44. The van der Waals surface area contributed by atoms with Crippen molar-refractivity contribution in [2.24, 2.45) is 0 Å². The van der Waals surface area contributed by atoms with E-state index in [0.29, 0.717) is 43.9 Å². The largest absolute Gasteiger partial charge is 0.491 e. The van der Waals surface area contributed by atoms with Crippen molar-refractivity contribution < 1.29 is 36.2 Å². The molecular weight excluding hydrogens is 621 g/mol. The summed E-state index contributed by atoms with van der Waals surface area (Å²) >= 11 is 0. The van der Waals surface area contributed by atoms with Crippen LogP contribution in [0.1, 0.15) is 61.8 Å². The first-order valence-electron chi connectivity index (χ1n) is 16.2. The number of nitrogens with one attached hydrogen (secondary N) is 2. The number of hydrogen-bond donors (Lipinski definition) is 2. The molecule has 1 aliphatic carbocycles. The molecule has 8 nitrogen and oxygen atoms in total. The highest BCUT2D eigenvalue weighted by molar-refractivity contribution is 5.87. The van der Waals surface area contributed by atoms with E-state index >= 15 is 8.78 Å². The molecule has 0 spiro atoms. The molecule has 1 saturated heterocycles. The van der Waals surface area contributed by atoms with Gasteiger partial charge in [0.05, 0.1) is 43.1 Å². The summed E-state index contributed by atoms with van der Waals surface area (Å²) in [7, 11) is 0. The number of carbonyl (C=O) groups excluding carboxylic acids is 1. The number of aromatic amines is 1. The number of fused-ring (bicyclic) bond motifs is 3. The Labute approximate surface area is 270 Å². The van der Waals surface area contributed by atoms with Crippen LogP contribution in [0.15, 0.2) is 42.6 Å². The minimum absolute atomic E-state index is 0.0368. The average molecular weight is 662 g/mol. The van der Waals surface area contributed by atoms with Gasteiger partial charge < -0.3 is 19.7 Å². The average Bonchev–Trinajstić information content (AvgIpc) is 3.53. The Kier molecular flexibility index (Phi) is 9.86. The SMILES string of the molecule is C[C@@H]1Cc2c(ccc3[nH]ncc23)[C@@H](c2c(F)cc(OCC3(NC/C=C/C(=O)N4CCOCC4)CCCCC3)cc2F)N1CC(F)(F)F. The van der Waals surface area contributed by atoms with Crippen LogP contribution in [0.2, 0.25) is 0 Å². The highest BCUT2D eigenvalue weighted by Gasteiger charge is 2.43. The molecule has 47 heavy (non-hydrogen) atoms. The van der Waals surface area contributed by atoms with Crippen molar-refractivity contribution >= 4 is 16.8 Å². The second-order valence-corrected chi connectivity index (χ2v) is 12.9. The number of aromatic nitrogens is 2. The smallest absolute Gasteiger partial charge is 0.401 e. The van der Waals surface area contributed by atoms with Gasteiger partial charge in [0.2, 0.25) is 5.91 Å². The molecule has 2 aliphatic heterocycles. The fraction of sp³-hybridized carbons (Fsp3) is 0.529. The third kappa shape index (κ3) is 7.47. The maximum atomic E-state index is 16.0. The fourth-order valence-corrected chi connectivity index (χ4v) is 7.25. The topological polar surface area (TPSA) is 82.7 Å². The van der Waals surface area contributed by atoms with Gasteiger partial charge in [-0.3, -0.25) is 14.8 Å². The van der Waals surface area contributed by atoms with E-state index in [1.54, 1.807) is 42.3 Å². The molecule has 0 bridgehead atoms. The molecule has 1 amide bonds. The molecule has 3 aliphatic rings. The maximum absolute atomic E-state index is 16.0. The first-order valence-corrected chi connectivity index (χ1v) is 16.2. The van der Waals surface area contributed by atoms with Gasteiger partial charge in [-0.25, -0.2) is 8.78 Å². The van der Waals surface area contributed by atoms with Gasteiger partial charge in [0.15, 0.2) is 0 Å². The fourth-order valence-electron chi connectivity index (χ4n) is 7.25. The summed E-state index contributed by atoms with van der Waals surface area (Å²) in [5.41, 5.74) is 0.925. The van der Waals surface area contributed by atoms with Crippen LogP contribution < -0.4 is 10.1 Å². The molecule has 1 saturated carbocycles. The molecule has 2 fully saturated rings. The van der Waals surface area contributed by atoms with Crippen LogP contribution in [0.3, 0.4) is 0 Å². The summed E-state index contributed by atoms with van der Waals surface area (Å²) in [6.07, 6.45) is 5.14. The summed E-state index contributed by atoms with van der Waals surface area (Å²) in [5.74, 6) is -2.06. The molecule has 3 heterocycles. The minimum atomic E-state index is -4.58. The molecule has 1 aromatic heterocycles. The zero-order chi connectivity index (χ0) is 33.2. The second kappa shape index (κ2) is 13.9. The number of carbonyl (C=O) groups is 1. The summed E-state index contributed by atoms with van der Waals surface area (Å²) in [6, 6.07) is 3.48. The number of benzene rings is 2. The second-order valence-electron chi connectivity index (χ2n) is 12.9. The summed E-state index contributed by atoms with van der Waals surface area (Å²) in [6.45, 7) is 3.03. The van der Waals surface area contributed by atoms with Crippen LogP contribution in [0.4, 0.5) is 22.0 Å². The van der Waals surface area contributed by atoms with E-state index < -0.39 is 47.5 Å². The number of alkyl halides is 3. The number of amides is 1. The van der Waals surface area contributed by atoms with Gasteiger partial charge in [-0.2, -0.15) is 18.3 Å². The van der Waals surface area contributed by atoms with E-state index in [1.165, 1.54) is 0 Å². The van der Waals surface area contributed by atoms with Gasteiger partial charge >= 0.3 is 6.18 Å². The lowest BCUT2D eigenvalue weighted by molar-refractivity contribution is -0.155. The Morgan fingerprint density at radius 3 is 2.57 bits per heavy atom. The van der Waals surface area contributed by atoms with Crippen molar-refractivity contribution in [3.8, 4) is 5.75 Å². The van der Waals surface area contributed by atoms with E-state index in [9.17, 15) is 18.0 Å². The highest BCUT2D eigenvalue weighted by atomic mass is 19.4. The summed E-state index contributed by atoms with van der Waals surface area (Å²) in [5, 5.41) is 11.1. The number of morpholine rings is 1. The first-order chi connectivity index (χ1) is 22.5. The van der Waals surface area contributed by atoms with Crippen LogP contribution in [0, 0.1) is 11.6 Å². The number of ether oxygens (including phenoxy) is 2. The van der Waals surface area contributed by atoms with Gasteiger partial charge in [-0.1, -0.05) is 31.4 Å². The Hall–Kier alpha value is -3.55. The number of H-pyrrole nitrogens is 1. The van der Waals surface area contributed by atoms with Crippen LogP contribution >= 0.6 is 0 Å². The van der Waals surface area contributed by atoms with Gasteiger partial charge in [0.25, 0.3) is 0 Å². The Morgan fingerprint density at radius 2 is 1.87 bits per heavy atom. The van der Waals surface area contributed by atoms with E-state index in [-0.39, 0.29) is 24.7 Å². The van der Waals surface area contributed by atoms with Gasteiger partial charge in [-0.05, 0) is 43.4 Å². The van der Waals surface area contributed by atoms with Crippen LogP contribution in [-0.4, -0.2) is 89.7 Å².